The van der Waals surface area contributed by atoms with Gasteiger partial charge in [-0.3, -0.25) is 5.32 Å². The van der Waals surface area contributed by atoms with E-state index in [-0.39, 0.29) is 0 Å². The minimum absolute atomic E-state index is 0.577. The summed E-state index contributed by atoms with van der Waals surface area (Å²) >= 11 is 0. The van der Waals surface area contributed by atoms with E-state index in [0.717, 1.165) is 0 Å². The van der Waals surface area contributed by atoms with Gasteiger partial charge >= 0.3 is 18.1 Å². The standard InChI is InChI=1S/C17H25N3O5/c1-11(14(21)24-5)18-15(22)19-13(12-9-7-6-8-10-12)20-16(23)25-17(2,3)4/h6-11,13H,1-5H3,(H,20,23)(H2,18,19,22)/t11-,13-/m0/s1. The van der Waals surface area contributed by atoms with Crippen LogP contribution in [-0.4, -0.2) is 36.8 Å². The number of alkyl carbamates (subject to hydrolysis) is 1. The fourth-order valence-corrected chi connectivity index (χ4v) is 1.88. The van der Waals surface area contributed by atoms with Crippen LogP contribution < -0.4 is 16.0 Å². The third kappa shape index (κ3) is 7.56. The summed E-state index contributed by atoms with van der Waals surface area (Å²) in [5.74, 6) is -0.577. The first-order chi connectivity index (χ1) is 11.6. The third-order valence-corrected chi connectivity index (χ3v) is 2.97. The topological polar surface area (TPSA) is 106 Å². The van der Waals surface area contributed by atoms with E-state index in [1.54, 1.807) is 45.0 Å². The van der Waals surface area contributed by atoms with Crippen molar-refractivity contribution < 1.29 is 23.9 Å². The summed E-state index contributed by atoms with van der Waals surface area (Å²) in [6, 6.07) is 7.38. The van der Waals surface area contributed by atoms with Crippen LogP contribution in [0.3, 0.4) is 0 Å². The molecule has 0 aliphatic rings. The van der Waals surface area contributed by atoms with Crippen LogP contribution in [0, 0.1) is 0 Å². The Morgan fingerprint density at radius 2 is 1.60 bits per heavy atom. The summed E-state index contributed by atoms with van der Waals surface area (Å²) in [4.78, 5) is 35.5. The second-order valence-electron chi connectivity index (χ2n) is 6.35. The van der Waals surface area contributed by atoms with Crippen LogP contribution >= 0.6 is 0 Å². The summed E-state index contributed by atoms with van der Waals surface area (Å²) in [7, 11) is 1.23. The first-order valence-corrected chi connectivity index (χ1v) is 7.81. The van der Waals surface area contributed by atoms with Gasteiger partial charge in [-0.2, -0.15) is 0 Å². The predicted molar refractivity (Wildman–Crippen MR) is 91.7 cm³/mol. The normalized spacial score (nSPS) is 13.2. The number of carbonyl (C=O) groups excluding carboxylic acids is 3. The predicted octanol–water partition coefficient (Wildman–Crippen LogP) is 2.07. The number of benzene rings is 1. The Hall–Kier alpha value is -2.77. The molecule has 2 atom stereocenters. The van der Waals surface area contributed by atoms with Crippen molar-refractivity contribution in [3.63, 3.8) is 0 Å². The van der Waals surface area contributed by atoms with Crippen LogP contribution in [0.2, 0.25) is 0 Å². The van der Waals surface area contributed by atoms with Crippen molar-refractivity contribution in [2.24, 2.45) is 0 Å². The Morgan fingerprint density at radius 1 is 1.00 bits per heavy atom. The molecule has 0 saturated carbocycles. The molecule has 8 nitrogen and oxygen atoms in total. The third-order valence-electron chi connectivity index (χ3n) is 2.97. The van der Waals surface area contributed by atoms with E-state index in [2.05, 4.69) is 20.7 Å². The molecule has 8 heteroatoms. The van der Waals surface area contributed by atoms with Gasteiger partial charge in [0.1, 0.15) is 17.8 Å². The molecule has 0 bridgehead atoms. The maximum Gasteiger partial charge on any atom is 0.409 e. The van der Waals surface area contributed by atoms with Crippen LogP contribution in [0.5, 0.6) is 0 Å². The molecule has 0 heterocycles. The molecule has 1 aromatic rings. The van der Waals surface area contributed by atoms with Crippen molar-refractivity contribution in [1.29, 1.82) is 0 Å². The van der Waals surface area contributed by atoms with Crippen molar-refractivity contribution in [3.05, 3.63) is 35.9 Å². The monoisotopic (exact) mass is 351 g/mol. The van der Waals surface area contributed by atoms with Crippen molar-refractivity contribution >= 4 is 18.1 Å². The first-order valence-electron chi connectivity index (χ1n) is 7.81. The van der Waals surface area contributed by atoms with Gasteiger partial charge in [-0.1, -0.05) is 30.3 Å². The minimum atomic E-state index is -0.833. The maximum absolute atomic E-state index is 12.1. The molecular formula is C17H25N3O5. The molecule has 3 N–H and O–H groups in total. The van der Waals surface area contributed by atoms with E-state index in [1.165, 1.54) is 14.0 Å². The highest BCUT2D eigenvalue weighted by Crippen LogP contribution is 2.12. The molecular weight excluding hydrogens is 326 g/mol. The summed E-state index contributed by atoms with van der Waals surface area (Å²) in [6.45, 7) is 6.71. The van der Waals surface area contributed by atoms with E-state index in [1.807, 2.05) is 6.07 Å². The van der Waals surface area contributed by atoms with E-state index in [9.17, 15) is 14.4 Å². The number of urea groups is 1. The lowest BCUT2D eigenvalue weighted by molar-refractivity contribution is -0.142. The molecule has 0 radical (unpaired) electrons. The van der Waals surface area contributed by atoms with Crippen molar-refractivity contribution in [1.82, 2.24) is 16.0 Å². The zero-order valence-corrected chi connectivity index (χ0v) is 15.1. The number of rotatable bonds is 5. The van der Waals surface area contributed by atoms with Crippen molar-refractivity contribution in [2.45, 2.75) is 45.5 Å². The fourth-order valence-electron chi connectivity index (χ4n) is 1.88. The lowest BCUT2D eigenvalue weighted by atomic mass is 10.1. The largest absolute Gasteiger partial charge is 0.467 e. The molecule has 25 heavy (non-hydrogen) atoms. The molecule has 0 spiro atoms. The number of hydrogen-bond donors (Lipinski definition) is 3. The highest BCUT2D eigenvalue weighted by Gasteiger charge is 2.23. The van der Waals surface area contributed by atoms with Gasteiger partial charge in [-0.05, 0) is 33.3 Å². The highest BCUT2D eigenvalue weighted by atomic mass is 16.6. The average Bonchev–Trinajstić information content (AvgIpc) is 2.52. The summed E-state index contributed by atoms with van der Waals surface area (Å²) in [6.07, 6.45) is -1.51. The Bertz CT molecular complexity index is 598. The van der Waals surface area contributed by atoms with Crippen LogP contribution in [0.25, 0.3) is 0 Å². The Labute approximate surface area is 147 Å². The molecule has 1 aromatic carbocycles. The van der Waals surface area contributed by atoms with Crippen LogP contribution in [0.4, 0.5) is 9.59 Å². The fraction of sp³-hybridized carbons (Fsp3) is 0.471. The van der Waals surface area contributed by atoms with Crippen molar-refractivity contribution in [3.8, 4) is 0 Å². The number of hydrogen-bond acceptors (Lipinski definition) is 5. The molecule has 0 aromatic heterocycles. The number of esters is 1. The van der Waals surface area contributed by atoms with Gasteiger partial charge < -0.3 is 20.1 Å². The van der Waals surface area contributed by atoms with Gasteiger partial charge in [0, 0.05) is 0 Å². The van der Waals surface area contributed by atoms with Gasteiger partial charge in [0.05, 0.1) is 7.11 Å². The van der Waals surface area contributed by atoms with Crippen LogP contribution in [0.15, 0.2) is 30.3 Å². The van der Waals surface area contributed by atoms with E-state index in [0.29, 0.717) is 5.56 Å². The summed E-state index contributed by atoms with van der Waals surface area (Å²) in [5.41, 5.74) is -0.0262. The van der Waals surface area contributed by atoms with Gasteiger partial charge in [0.2, 0.25) is 0 Å². The number of amides is 3. The smallest absolute Gasteiger partial charge is 0.409 e. The zero-order valence-electron chi connectivity index (χ0n) is 15.1. The molecule has 1 rings (SSSR count). The Morgan fingerprint density at radius 3 is 2.12 bits per heavy atom. The molecule has 138 valence electrons. The van der Waals surface area contributed by atoms with Gasteiger partial charge in [0.15, 0.2) is 0 Å². The number of methoxy groups -OCH3 is 1. The highest BCUT2D eigenvalue weighted by molar-refractivity contribution is 5.83. The minimum Gasteiger partial charge on any atom is -0.467 e. The molecule has 0 aliphatic heterocycles. The lowest BCUT2D eigenvalue weighted by Crippen LogP contribution is -2.50. The SMILES string of the molecule is COC(=O)[C@H](C)NC(=O)N[C@@H](NC(=O)OC(C)(C)C)c1ccccc1. The van der Waals surface area contributed by atoms with E-state index in [4.69, 9.17) is 4.74 Å². The molecule has 0 fully saturated rings. The average molecular weight is 351 g/mol. The molecule has 3 amide bonds. The quantitative estimate of drug-likeness (QED) is 0.556. The summed E-state index contributed by atoms with van der Waals surface area (Å²) < 4.78 is 9.76. The Balaban J connectivity index is 2.80. The van der Waals surface area contributed by atoms with Crippen LogP contribution in [-0.2, 0) is 14.3 Å². The number of nitrogens with one attached hydrogen (secondary N) is 3. The number of ether oxygens (including phenoxy) is 2. The second kappa shape index (κ2) is 8.91. The first kappa shape index (κ1) is 20.3. The molecule has 0 aliphatic carbocycles. The van der Waals surface area contributed by atoms with Crippen molar-refractivity contribution in [2.75, 3.05) is 7.11 Å². The van der Waals surface area contributed by atoms with Gasteiger partial charge in [-0.15, -0.1) is 0 Å². The summed E-state index contributed by atoms with van der Waals surface area (Å²) in [5, 5.41) is 7.61. The maximum atomic E-state index is 12.1. The van der Waals surface area contributed by atoms with Crippen LogP contribution in [0.1, 0.15) is 39.4 Å². The second-order valence-corrected chi connectivity index (χ2v) is 6.35. The van der Waals surface area contributed by atoms with E-state index >= 15 is 0 Å². The molecule has 0 saturated heterocycles. The Kier molecular flexibility index (Phi) is 7.22. The van der Waals surface area contributed by atoms with Gasteiger partial charge in [-0.25, -0.2) is 14.4 Å². The number of carbonyl (C=O) groups is 3. The zero-order chi connectivity index (χ0) is 19.0. The lowest BCUT2D eigenvalue weighted by Gasteiger charge is -2.25. The van der Waals surface area contributed by atoms with Gasteiger partial charge in [0.25, 0.3) is 0 Å². The van der Waals surface area contributed by atoms with E-state index < -0.39 is 35.9 Å². The molecule has 0 unspecified atom stereocenters.